The number of carbonyl (C=O) groups is 2. The minimum Gasteiger partial charge on any atom is -0.465 e. The van der Waals surface area contributed by atoms with Crippen molar-refractivity contribution in [2.24, 2.45) is 5.92 Å². The number of nitrogens with zero attached hydrogens (tertiary/aromatic N) is 1. The van der Waals surface area contributed by atoms with Crippen molar-refractivity contribution in [2.75, 3.05) is 12.4 Å². The molecule has 1 aromatic heterocycles. The summed E-state index contributed by atoms with van der Waals surface area (Å²) in [4.78, 5) is 35.9. The fraction of sp³-hybridized carbons (Fsp3) is 0.478. The maximum Gasteiger partial charge on any atom is 0.340 e. The van der Waals surface area contributed by atoms with Crippen molar-refractivity contribution < 1.29 is 19.2 Å². The lowest BCUT2D eigenvalue weighted by atomic mass is 10.0. The van der Waals surface area contributed by atoms with Gasteiger partial charge < -0.3 is 10.1 Å². The van der Waals surface area contributed by atoms with Crippen LogP contribution in [0.5, 0.6) is 0 Å². The molecule has 0 saturated heterocycles. The Morgan fingerprint density at radius 3 is 2.31 bits per heavy atom. The summed E-state index contributed by atoms with van der Waals surface area (Å²) in [6.07, 6.45) is 3.01. The average Bonchev–Trinajstić information content (AvgIpc) is 3.16. The standard InChI is InChI=1S/C18H19ClN2O5S.C3H8.C2H6/c1-4-10(2)7-12-9-13(18(23)26-3)17(27-12)20-16(22)11-5-6-14(19)15(8-11)21(24)25;1-3-2;1-2/h5-6,8-10H,4,7H2,1-3H3,(H,20,22);3H2,1-2H3;1-2H3. The SMILES string of the molecule is CC.CCC.CCC(C)Cc1cc(C(=O)OC)c(NC(=O)c2ccc(Cl)c([N+](=O)[O-])c2)s1. The zero-order valence-corrected chi connectivity index (χ0v) is 21.4. The van der Waals surface area contributed by atoms with Gasteiger partial charge >= 0.3 is 5.97 Å². The van der Waals surface area contributed by atoms with Crippen LogP contribution >= 0.6 is 22.9 Å². The number of esters is 1. The van der Waals surface area contributed by atoms with Crippen LogP contribution < -0.4 is 5.32 Å². The van der Waals surface area contributed by atoms with Gasteiger partial charge in [-0.25, -0.2) is 4.79 Å². The van der Waals surface area contributed by atoms with Crippen molar-refractivity contribution in [3.63, 3.8) is 0 Å². The summed E-state index contributed by atoms with van der Waals surface area (Å²) < 4.78 is 4.78. The molecular weight excluding hydrogens is 452 g/mol. The summed E-state index contributed by atoms with van der Waals surface area (Å²) in [6, 6.07) is 5.49. The predicted octanol–water partition coefficient (Wildman–Crippen LogP) is 7.38. The summed E-state index contributed by atoms with van der Waals surface area (Å²) in [5.74, 6) is -0.701. The number of thiophene rings is 1. The number of anilines is 1. The molecule has 0 bridgehead atoms. The first-order chi connectivity index (χ1) is 15.2. The van der Waals surface area contributed by atoms with Crippen molar-refractivity contribution in [1.29, 1.82) is 0 Å². The van der Waals surface area contributed by atoms with Crippen LogP contribution in [0.25, 0.3) is 0 Å². The van der Waals surface area contributed by atoms with Crippen LogP contribution in [0.4, 0.5) is 10.7 Å². The van der Waals surface area contributed by atoms with E-state index in [1.807, 2.05) is 13.8 Å². The zero-order valence-electron chi connectivity index (χ0n) is 19.8. The summed E-state index contributed by atoms with van der Waals surface area (Å²) in [5.41, 5.74) is -0.0300. The first-order valence-corrected chi connectivity index (χ1v) is 11.8. The Morgan fingerprint density at radius 1 is 1.22 bits per heavy atom. The van der Waals surface area contributed by atoms with Crippen LogP contribution in [0.3, 0.4) is 0 Å². The first kappa shape index (κ1) is 29.5. The number of halogens is 1. The number of nitro benzene ring substituents is 1. The van der Waals surface area contributed by atoms with Gasteiger partial charge in [-0.3, -0.25) is 14.9 Å². The van der Waals surface area contributed by atoms with Gasteiger partial charge in [-0.05, 0) is 30.5 Å². The highest BCUT2D eigenvalue weighted by Gasteiger charge is 2.21. The molecule has 0 fully saturated rings. The Hall–Kier alpha value is -2.45. The molecule has 9 heteroatoms. The summed E-state index contributed by atoms with van der Waals surface area (Å²) in [7, 11) is 1.27. The third kappa shape index (κ3) is 8.96. The quantitative estimate of drug-likeness (QED) is 0.251. The van der Waals surface area contributed by atoms with E-state index in [2.05, 4.69) is 33.0 Å². The number of hydrogen-bond donors (Lipinski definition) is 1. The fourth-order valence-electron chi connectivity index (χ4n) is 2.35. The summed E-state index contributed by atoms with van der Waals surface area (Å²) >= 11 is 7.07. The third-order valence-electron chi connectivity index (χ3n) is 4.07. The van der Waals surface area contributed by atoms with Crippen molar-refractivity contribution in [3.05, 3.63) is 55.4 Å². The zero-order chi connectivity index (χ0) is 24.8. The largest absolute Gasteiger partial charge is 0.465 e. The summed E-state index contributed by atoms with van der Waals surface area (Å²) in [5, 5.41) is 13.9. The Labute approximate surface area is 199 Å². The van der Waals surface area contributed by atoms with Crippen LogP contribution in [0.1, 0.15) is 80.0 Å². The molecule has 0 spiro atoms. The second kappa shape index (κ2) is 15.4. The maximum absolute atomic E-state index is 12.5. The lowest BCUT2D eigenvalue weighted by molar-refractivity contribution is -0.384. The molecule has 0 aliphatic rings. The number of hydrogen-bond acceptors (Lipinski definition) is 6. The Balaban J connectivity index is 0.00000177. The molecule has 7 nitrogen and oxygen atoms in total. The number of methoxy groups -OCH3 is 1. The van der Waals surface area contributed by atoms with Crippen LogP contribution in [-0.4, -0.2) is 23.9 Å². The molecule has 1 N–H and O–H groups in total. The monoisotopic (exact) mass is 484 g/mol. The molecule has 2 aromatic rings. The minimum absolute atomic E-state index is 0.0567. The van der Waals surface area contributed by atoms with Gasteiger partial charge in [0.1, 0.15) is 10.0 Å². The minimum atomic E-state index is -0.658. The van der Waals surface area contributed by atoms with Gasteiger partial charge in [-0.15, -0.1) is 11.3 Å². The molecule has 32 heavy (non-hydrogen) atoms. The highest BCUT2D eigenvalue weighted by atomic mass is 35.5. The number of nitro groups is 1. The molecule has 1 amide bonds. The second-order valence-electron chi connectivity index (χ2n) is 6.75. The highest BCUT2D eigenvalue weighted by molar-refractivity contribution is 7.16. The van der Waals surface area contributed by atoms with Crippen molar-refractivity contribution >= 4 is 45.5 Å². The van der Waals surface area contributed by atoms with Crippen LogP contribution in [0.15, 0.2) is 24.3 Å². The van der Waals surface area contributed by atoms with E-state index < -0.39 is 16.8 Å². The molecule has 1 atom stereocenters. The van der Waals surface area contributed by atoms with E-state index in [0.717, 1.165) is 23.8 Å². The van der Waals surface area contributed by atoms with E-state index in [4.69, 9.17) is 16.3 Å². The average molecular weight is 485 g/mol. The third-order valence-corrected chi connectivity index (χ3v) is 5.46. The smallest absolute Gasteiger partial charge is 0.340 e. The lowest BCUT2D eigenvalue weighted by Gasteiger charge is -2.06. The molecule has 178 valence electrons. The van der Waals surface area contributed by atoms with Gasteiger partial charge in [0.15, 0.2) is 0 Å². The van der Waals surface area contributed by atoms with Crippen LogP contribution in [0, 0.1) is 16.0 Å². The predicted molar refractivity (Wildman–Crippen MR) is 132 cm³/mol. The Kier molecular flexibility index (Phi) is 14.2. The number of carbonyl (C=O) groups excluding carboxylic acids is 2. The van der Waals surface area contributed by atoms with Gasteiger partial charge in [-0.2, -0.15) is 0 Å². The van der Waals surface area contributed by atoms with Gasteiger partial charge in [0, 0.05) is 16.5 Å². The van der Waals surface area contributed by atoms with E-state index in [1.165, 1.54) is 37.0 Å². The molecule has 1 unspecified atom stereocenters. The molecule has 0 aliphatic heterocycles. The van der Waals surface area contributed by atoms with Gasteiger partial charge in [-0.1, -0.05) is 66.0 Å². The number of ether oxygens (including phenoxy) is 1. The number of rotatable bonds is 7. The molecule has 0 aliphatic carbocycles. The van der Waals surface area contributed by atoms with Crippen molar-refractivity contribution in [3.8, 4) is 0 Å². The maximum atomic E-state index is 12.5. The Morgan fingerprint density at radius 2 is 1.81 bits per heavy atom. The van der Waals surface area contributed by atoms with Crippen molar-refractivity contribution in [1.82, 2.24) is 0 Å². The van der Waals surface area contributed by atoms with Gasteiger partial charge in [0.25, 0.3) is 11.6 Å². The molecule has 0 radical (unpaired) electrons. The van der Waals surface area contributed by atoms with Crippen LogP contribution in [0.2, 0.25) is 5.02 Å². The van der Waals surface area contributed by atoms with Gasteiger partial charge in [0.2, 0.25) is 0 Å². The fourth-order valence-corrected chi connectivity index (χ4v) is 3.74. The summed E-state index contributed by atoms with van der Waals surface area (Å²) in [6.45, 7) is 12.4. The van der Waals surface area contributed by atoms with E-state index >= 15 is 0 Å². The number of amides is 1. The molecule has 0 saturated carbocycles. The van der Waals surface area contributed by atoms with E-state index in [-0.39, 0.29) is 21.8 Å². The normalized spacial score (nSPS) is 10.6. The number of benzene rings is 1. The topological polar surface area (TPSA) is 98.5 Å². The molecular formula is C23H33ClN2O5S. The van der Waals surface area contributed by atoms with E-state index in [0.29, 0.717) is 10.9 Å². The highest BCUT2D eigenvalue weighted by Crippen LogP contribution is 2.32. The number of nitrogens with one attached hydrogen (secondary N) is 1. The molecule has 2 rings (SSSR count). The second-order valence-corrected chi connectivity index (χ2v) is 8.29. The first-order valence-electron chi connectivity index (χ1n) is 10.6. The lowest BCUT2D eigenvalue weighted by Crippen LogP contribution is -2.14. The van der Waals surface area contributed by atoms with Crippen molar-refractivity contribution in [2.45, 2.75) is 60.8 Å². The molecule has 1 aromatic carbocycles. The van der Waals surface area contributed by atoms with E-state index in [1.54, 1.807) is 6.07 Å². The Bertz CT molecular complexity index is 899. The van der Waals surface area contributed by atoms with Crippen LogP contribution in [-0.2, 0) is 11.2 Å². The van der Waals surface area contributed by atoms with Gasteiger partial charge in [0.05, 0.1) is 17.6 Å². The molecule has 1 heterocycles. The van der Waals surface area contributed by atoms with E-state index in [9.17, 15) is 19.7 Å².